The summed E-state index contributed by atoms with van der Waals surface area (Å²) in [4.78, 5) is 29.0. The Hall–Kier alpha value is -4.23. The number of halogens is 1. The average molecular weight is 512 g/mol. The van der Waals surface area contributed by atoms with Gasteiger partial charge in [-0.05, 0) is 65.4 Å². The van der Waals surface area contributed by atoms with Crippen LogP contribution >= 0.6 is 15.9 Å². The largest absolute Gasteiger partial charge is 0.436 e. The van der Waals surface area contributed by atoms with Crippen LogP contribution in [0.5, 0.6) is 0 Å². The van der Waals surface area contributed by atoms with Gasteiger partial charge in [-0.25, -0.2) is 4.98 Å². The lowest BCUT2D eigenvalue weighted by Gasteiger charge is -2.07. The van der Waals surface area contributed by atoms with Crippen molar-refractivity contribution in [1.82, 2.24) is 4.98 Å². The lowest BCUT2D eigenvalue weighted by Crippen LogP contribution is -2.13. The third-order valence-corrected chi connectivity index (χ3v) is 6.01. The molecule has 6 nitrogen and oxygen atoms in total. The second-order valence-electron chi connectivity index (χ2n) is 7.57. The highest BCUT2D eigenvalue weighted by molar-refractivity contribution is 9.10. The van der Waals surface area contributed by atoms with Gasteiger partial charge in [-0.3, -0.25) is 9.59 Å². The zero-order chi connectivity index (χ0) is 23.7. The summed E-state index contributed by atoms with van der Waals surface area (Å²) < 4.78 is 7.02. The van der Waals surface area contributed by atoms with Crippen molar-refractivity contribution in [2.75, 3.05) is 10.6 Å². The van der Waals surface area contributed by atoms with Crippen molar-refractivity contribution in [2.24, 2.45) is 0 Å². The fourth-order valence-electron chi connectivity index (χ4n) is 3.71. The van der Waals surface area contributed by atoms with Gasteiger partial charge in [0.2, 0.25) is 11.8 Å². The Bertz CT molecular complexity index is 1590. The molecule has 1 aromatic heterocycles. The van der Waals surface area contributed by atoms with E-state index in [-0.39, 0.29) is 11.8 Å². The average Bonchev–Trinajstić information content (AvgIpc) is 3.27. The van der Waals surface area contributed by atoms with Crippen LogP contribution in [0.25, 0.3) is 33.3 Å². The van der Waals surface area contributed by atoms with Gasteiger partial charge in [-0.2, -0.15) is 0 Å². The van der Waals surface area contributed by atoms with Crippen LogP contribution in [0.15, 0.2) is 100 Å². The minimum absolute atomic E-state index is 0.309. The Morgan fingerprint density at radius 1 is 0.882 bits per heavy atom. The molecule has 0 spiro atoms. The van der Waals surface area contributed by atoms with E-state index in [9.17, 15) is 9.59 Å². The number of anilines is 2. The van der Waals surface area contributed by atoms with Crippen LogP contribution in [-0.4, -0.2) is 16.8 Å². The maximum atomic E-state index is 12.8. The van der Waals surface area contributed by atoms with E-state index < -0.39 is 0 Å². The van der Waals surface area contributed by atoms with E-state index in [1.807, 2.05) is 36.4 Å². The van der Waals surface area contributed by atoms with Gasteiger partial charge >= 0.3 is 0 Å². The molecule has 7 heteroatoms. The molecular formula is C27H18BrN3O3. The summed E-state index contributed by atoms with van der Waals surface area (Å²) in [7, 11) is 0. The molecule has 2 N–H and O–H groups in total. The number of hydrogen-bond donors (Lipinski definition) is 2. The third kappa shape index (κ3) is 4.21. The summed E-state index contributed by atoms with van der Waals surface area (Å²) in [5.41, 5.74) is 3.64. The van der Waals surface area contributed by atoms with Gasteiger partial charge in [0.15, 0.2) is 5.58 Å². The van der Waals surface area contributed by atoms with E-state index in [2.05, 4.69) is 38.1 Å². The van der Waals surface area contributed by atoms with E-state index in [4.69, 9.17) is 4.42 Å². The minimum atomic E-state index is -0.344. The van der Waals surface area contributed by atoms with Gasteiger partial charge in [0.1, 0.15) is 5.52 Å². The monoisotopic (exact) mass is 511 g/mol. The zero-order valence-corrected chi connectivity index (χ0v) is 19.4. The van der Waals surface area contributed by atoms with Crippen LogP contribution < -0.4 is 10.6 Å². The van der Waals surface area contributed by atoms with Crippen LogP contribution in [0, 0.1) is 0 Å². The maximum Gasteiger partial charge on any atom is 0.255 e. The zero-order valence-electron chi connectivity index (χ0n) is 17.8. The molecule has 4 aromatic carbocycles. The molecule has 0 saturated carbocycles. The number of amides is 2. The quantitative estimate of drug-likeness (QED) is 0.254. The Kier molecular flexibility index (Phi) is 5.69. The Balaban J connectivity index is 1.43. The SMILES string of the molecule is C=CC(=O)Nc1cccc(C(=O)Nc2ccc3oc(-c4cccc5c(Br)cccc45)nc3c2)c1. The molecule has 0 aliphatic carbocycles. The number of fused-ring (bicyclic) bond motifs is 2. The maximum absolute atomic E-state index is 12.8. The lowest BCUT2D eigenvalue weighted by molar-refractivity contribution is -0.111. The highest BCUT2D eigenvalue weighted by atomic mass is 79.9. The van der Waals surface area contributed by atoms with E-state index >= 15 is 0 Å². The van der Waals surface area contributed by atoms with Crippen LogP contribution in [0.4, 0.5) is 11.4 Å². The smallest absolute Gasteiger partial charge is 0.255 e. The van der Waals surface area contributed by atoms with Crippen LogP contribution in [-0.2, 0) is 4.79 Å². The normalized spacial score (nSPS) is 10.9. The summed E-state index contributed by atoms with van der Waals surface area (Å²) in [5.74, 6) is -0.145. The van der Waals surface area contributed by atoms with E-state index in [0.29, 0.717) is 33.9 Å². The molecule has 5 rings (SSSR count). The van der Waals surface area contributed by atoms with E-state index in [0.717, 1.165) is 20.8 Å². The second kappa shape index (κ2) is 8.96. The molecule has 0 aliphatic heterocycles. The lowest BCUT2D eigenvalue weighted by atomic mass is 10.0. The van der Waals surface area contributed by atoms with Crippen LogP contribution in [0.3, 0.4) is 0 Å². The topological polar surface area (TPSA) is 84.2 Å². The number of oxazole rings is 1. The van der Waals surface area contributed by atoms with E-state index in [1.165, 1.54) is 6.08 Å². The molecule has 166 valence electrons. The highest BCUT2D eigenvalue weighted by Gasteiger charge is 2.14. The molecule has 0 fully saturated rings. The van der Waals surface area contributed by atoms with Crippen molar-refractivity contribution in [3.05, 3.63) is 102 Å². The molecule has 34 heavy (non-hydrogen) atoms. The first kappa shape index (κ1) is 21.6. The van der Waals surface area contributed by atoms with Crippen molar-refractivity contribution in [1.29, 1.82) is 0 Å². The summed E-state index contributed by atoms with van der Waals surface area (Å²) in [6.07, 6.45) is 1.17. The molecular weight excluding hydrogens is 494 g/mol. The van der Waals surface area contributed by atoms with Gasteiger partial charge in [-0.1, -0.05) is 52.8 Å². The molecule has 2 amide bonds. The molecule has 0 aliphatic rings. The number of nitrogens with zero attached hydrogens (tertiary/aromatic N) is 1. The summed E-state index contributed by atoms with van der Waals surface area (Å²) >= 11 is 3.59. The standard InChI is InChI=1S/C27H18BrN3O3/c1-2-25(32)29-17-7-3-6-16(14-17)26(33)30-18-12-13-24-23(15-18)31-27(34-24)21-10-4-9-20-19(21)8-5-11-22(20)28/h2-15H,1H2,(H,29,32)(H,30,33). The molecule has 0 saturated heterocycles. The van der Waals surface area contributed by atoms with Gasteiger partial charge in [0.05, 0.1) is 0 Å². The van der Waals surface area contributed by atoms with Gasteiger partial charge in [0.25, 0.3) is 5.91 Å². The molecule has 1 heterocycles. The van der Waals surface area contributed by atoms with Crippen molar-refractivity contribution < 1.29 is 14.0 Å². The number of benzene rings is 4. The third-order valence-electron chi connectivity index (χ3n) is 5.32. The number of aromatic nitrogens is 1. The number of hydrogen-bond acceptors (Lipinski definition) is 4. The van der Waals surface area contributed by atoms with Crippen molar-refractivity contribution >= 4 is 61.0 Å². The summed E-state index contributed by atoms with van der Waals surface area (Å²) in [5, 5.41) is 7.62. The van der Waals surface area contributed by atoms with Gasteiger partial charge < -0.3 is 15.1 Å². The molecule has 5 aromatic rings. The Morgan fingerprint density at radius 2 is 1.65 bits per heavy atom. The van der Waals surface area contributed by atoms with Crippen LogP contribution in [0.2, 0.25) is 0 Å². The van der Waals surface area contributed by atoms with Gasteiger partial charge in [-0.15, -0.1) is 0 Å². The molecule has 0 bridgehead atoms. The number of rotatable bonds is 5. The fraction of sp³-hybridized carbons (Fsp3) is 0. The summed E-state index contributed by atoms with van der Waals surface area (Å²) in [6, 6.07) is 24.0. The first-order valence-corrected chi connectivity index (χ1v) is 11.2. The van der Waals surface area contributed by atoms with E-state index in [1.54, 1.807) is 42.5 Å². The number of carbonyl (C=O) groups is 2. The predicted octanol–water partition coefficient (Wildman–Crippen LogP) is 6.79. The van der Waals surface area contributed by atoms with Crippen molar-refractivity contribution in [2.45, 2.75) is 0 Å². The molecule has 0 unspecified atom stereocenters. The minimum Gasteiger partial charge on any atom is -0.436 e. The fourth-order valence-corrected chi connectivity index (χ4v) is 4.21. The number of carbonyl (C=O) groups excluding carboxylic acids is 2. The summed E-state index contributed by atoms with van der Waals surface area (Å²) in [6.45, 7) is 3.43. The van der Waals surface area contributed by atoms with Crippen LogP contribution in [0.1, 0.15) is 10.4 Å². The highest BCUT2D eigenvalue weighted by Crippen LogP contribution is 2.34. The Morgan fingerprint density at radius 3 is 2.50 bits per heavy atom. The second-order valence-corrected chi connectivity index (χ2v) is 8.42. The first-order chi connectivity index (χ1) is 16.5. The molecule has 0 radical (unpaired) electrons. The first-order valence-electron chi connectivity index (χ1n) is 10.4. The number of nitrogens with one attached hydrogen (secondary N) is 2. The van der Waals surface area contributed by atoms with Gasteiger partial charge in [0, 0.05) is 27.0 Å². The Labute approximate surface area is 203 Å². The van der Waals surface area contributed by atoms with Crippen molar-refractivity contribution in [3.8, 4) is 11.5 Å². The predicted molar refractivity (Wildman–Crippen MR) is 138 cm³/mol. The van der Waals surface area contributed by atoms with Crippen molar-refractivity contribution in [3.63, 3.8) is 0 Å². The molecule has 0 atom stereocenters.